The van der Waals surface area contributed by atoms with Gasteiger partial charge < -0.3 is 16.0 Å². The number of anilines is 2. The molecule has 5 nitrogen and oxygen atoms in total. The molecule has 2 rings (SSSR count). The predicted octanol–water partition coefficient (Wildman–Crippen LogP) is 2.47. The lowest BCUT2D eigenvalue weighted by molar-refractivity contribution is 0.269. The molecule has 1 saturated carbocycles. The van der Waals surface area contributed by atoms with Gasteiger partial charge in [-0.05, 0) is 53.1 Å². The highest BCUT2D eigenvalue weighted by atomic mass is 15.1. The monoisotopic (exact) mass is 277 g/mol. The average Bonchev–Trinajstić information content (AvgIpc) is 3.21. The molecule has 20 heavy (non-hydrogen) atoms. The summed E-state index contributed by atoms with van der Waals surface area (Å²) in [6.45, 7) is 6.52. The molecule has 1 aromatic heterocycles. The average molecular weight is 277 g/mol. The number of hydrogen-bond donors (Lipinski definition) is 2. The van der Waals surface area contributed by atoms with Gasteiger partial charge in [0.25, 0.3) is 0 Å². The lowest BCUT2D eigenvalue weighted by Gasteiger charge is -2.20. The van der Waals surface area contributed by atoms with E-state index in [2.05, 4.69) is 41.1 Å². The van der Waals surface area contributed by atoms with E-state index in [9.17, 15) is 0 Å². The summed E-state index contributed by atoms with van der Waals surface area (Å²) in [5.74, 6) is 2.89. The maximum atomic E-state index is 5.83. The van der Waals surface area contributed by atoms with Crippen LogP contribution in [0.5, 0.6) is 0 Å². The lowest BCUT2D eigenvalue weighted by Crippen LogP contribution is -2.27. The van der Waals surface area contributed by atoms with E-state index in [-0.39, 0.29) is 0 Å². The Bertz CT molecular complexity index is 428. The van der Waals surface area contributed by atoms with Crippen LogP contribution in [0, 0.1) is 0 Å². The second-order valence-electron chi connectivity index (χ2n) is 6.02. The van der Waals surface area contributed by atoms with Gasteiger partial charge in [0.2, 0.25) is 0 Å². The zero-order chi connectivity index (χ0) is 14.5. The Balaban J connectivity index is 1.71. The highest BCUT2D eigenvalue weighted by Gasteiger charge is 2.27. The molecular weight excluding hydrogens is 250 g/mol. The fraction of sp³-hybridized carbons (Fsp3) is 0.733. The molecule has 1 fully saturated rings. The van der Waals surface area contributed by atoms with Crippen molar-refractivity contribution in [3.05, 3.63) is 11.9 Å². The molecule has 0 saturated heterocycles. The van der Waals surface area contributed by atoms with Crippen LogP contribution in [0.2, 0.25) is 0 Å². The smallest absolute Gasteiger partial charge is 0.136 e. The molecule has 1 heterocycles. The fourth-order valence-electron chi connectivity index (χ4n) is 2.06. The number of nitrogens with one attached hydrogen (secondary N) is 1. The molecule has 0 aromatic carbocycles. The Morgan fingerprint density at radius 3 is 2.75 bits per heavy atom. The van der Waals surface area contributed by atoms with Crippen molar-refractivity contribution in [2.45, 2.75) is 51.5 Å². The molecule has 1 aliphatic rings. The topological polar surface area (TPSA) is 67.1 Å². The van der Waals surface area contributed by atoms with Crippen LogP contribution in [-0.4, -0.2) is 41.0 Å². The van der Waals surface area contributed by atoms with Gasteiger partial charge >= 0.3 is 0 Å². The molecule has 0 unspecified atom stereocenters. The van der Waals surface area contributed by atoms with Crippen molar-refractivity contribution in [3.63, 3.8) is 0 Å². The lowest BCUT2D eigenvalue weighted by atomic mass is 10.2. The molecule has 0 spiro atoms. The third-order valence-corrected chi connectivity index (χ3v) is 3.83. The van der Waals surface area contributed by atoms with Crippen LogP contribution in [0.3, 0.4) is 0 Å². The van der Waals surface area contributed by atoms with Gasteiger partial charge in [-0.25, -0.2) is 9.97 Å². The molecule has 112 valence electrons. The van der Waals surface area contributed by atoms with E-state index in [0.717, 1.165) is 31.2 Å². The first kappa shape index (κ1) is 15.0. The standard InChI is InChI=1S/C15H27N5/c1-11(2)20(3)9-5-4-8-17-14-10-13(16)18-15(19-14)12-6-7-12/h10-12H,4-9H2,1-3H3,(H3,16,17,18,19). The van der Waals surface area contributed by atoms with E-state index in [1.165, 1.54) is 19.3 Å². The third kappa shape index (κ3) is 4.63. The number of hydrogen-bond acceptors (Lipinski definition) is 5. The highest BCUT2D eigenvalue weighted by molar-refractivity contribution is 5.45. The van der Waals surface area contributed by atoms with E-state index in [4.69, 9.17) is 5.73 Å². The zero-order valence-corrected chi connectivity index (χ0v) is 12.9. The van der Waals surface area contributed by atoms with E-state index in [1.807, 2.05) is 6.07 Å². The Morgan fingerprint density at radius 2 is 2.10 bits per heavy atom. The molecular formula is C15H27N5. The van der Waals surface area contributed by atoms with E-state index < -0.39 is 0 Å². The molecule has 5 heteroatoms. The van der Waals surface area contributed by atoms with Crippen LogP contribution < -0.4 is 11.1 Å². The highest BCUT2D eigenvalue weighted by Crippen LogP contribution is 2.38. The molecule has 0 amide bonds. The summed E-state index contributed by atoms with van der Waals surface area (Å²) in [5.41, 5.74) is 5.83. The van der Waals surface area contributed by atoms with Crippen molar-refractivity contribution in [2.24, 2.45) is 0 Å². The Hall–Kier alpha value is -1.36. The summed E-state index contributed by atoms with van der Waals surface area (Å²) >= 11 is 0. The second kappa shape index (κ2) is 6.88. The van der Waals surface area contributed by atoms with Gasteiger partial charge in [-0.15, -0.1) is 0 Å². The van der Waals surface area contributed by atoms with Gasteiger partial charge in [-0.2, -0.15) is 0 Å². The zero-order valence-electron chi connectivity index (χ0n) is 12.9. The maximum Gasteiger partial charge on any atom is 0.136 e. The molecule has 0 radical (unpaired) electrons. The molecule has 0 bridgehead atoms. The Kier molecular flexibility index (Phi) is 5.17. The minimum Gasteiger partial charge on any atom is -0.384 e. The molecule has 1 aliphatic carbocycles. The van der Waals surface area contributed by atoms with Crippen molar-refractivity contribution < 1.29 is 0 Å². The van der Waals surface area contributed by atoms with Gasteiger partial charge in [0.05, 0.1) is 0 Å². The molecule has 1 aromatic rings. The fourth-order valence-corrected chi connectivity index (χ4v) is 2.06. The van der Waals surface area contributed by atoms with Gasteiger partial charge in [0.15, 0.2) is 0 Å². The summed E-state index contributed by atoms with van der Waals surface area (Å²) in [4.78, 5) is 11.2. The summed E-state index contributed by atoms with van der Waals surface area (Å²) in [6, 6.07) is 2.44. The van der Waals surface area contributed by atoms with Crippen molar-refractivity contribution in [2.75, 3.05) is 31.2 Å². The van der Waals surface area contributed by atoms with Crippen LogP contribution in [0.4, 0.5) is 11.6 Å². The predicted molar refractivity (Wildman–Crippen MR) is 83.9 cm³/mol. The maximum absolute atomic E-state index is 5.83. The first-order chi connectivity index (χ1) is 9.56. The van der Waals surface area contributed by atoms with Crippen molar-refractivity contribution in [3.8, 4) is 0 Å². The summed E-state index contributed by atoms with van der Waals surface area (Å²) in [6.07, 6.45) is 4.73. The SMILES string of the molecule is CC(C)N(C)CCCCNc1cc(N)nc(C2CC2)n1. The number of unbranched alkanes of at least 4 members (excludes halogenated alkanes) is 1. The van der Waals surface area contributed by atoms with Crippen molar-refractivity contribution >= 4 is 11.6 Å². The quantitative estimate of drug-likeness (QED) is 0.715. The number of rotatable bonds is 8. The molecule has 0 atom stereocenters. The van der Waals surface area contributed by atoms with Crippen LogP contribution in [-0.2, 0) is 0 Å². The first-order valence-corrected chi connectivity index (χ1v) is 7.65. The summed E-state index contributed by atoms with van der Waals surface area (Å²) < 4.78 is 0. The first-order valence-electron chi connectivity index (χ1n) is 7.65. The minimum absolute atomic E-state index is 0.541. The summed E-state index contributed by atoms with van der Waals surface area (Å²) in [7, 11) is 2.17. The number of nitrogen functional groups attached to an aromatic ring is 1. The normalized spacial score (nSPS) is 15.1. The van der Waals surface area contributed by atoms with Crippen LogP contribution >= 0.6 is 0 Å². The molecule has 3 N–H and O–H groups in total. The van der Waals surface area contributed by atoms with Crippen LogP contribution in [0.15, 0.2) is 6.07 Å². The van der Waals surface area contributed by atoms with Gasteiger partial charge in [-0.3, -0.25) is 0 Å². The van der Waals surface area contributed by atoms with Gasteiger partial charge in [-0.1, -0.05) is 0 Å². The third-order valence-electron chi connectivity index (χ3n) is 3.83. The largest absolute Gasteiger partial charge is 0.384 e. The Labute approximate surface area is 122 Å². The van der Waals surface area contributed by atoms with E-state index >= 15 is 0 Å². The van der Waals surface area contributed by atoms with E-state index in [1.54, 1.807) is 0 Å². The number of nitrogens with zero attached hydrogens (tertiary/aromatic N) is 3. The minimum atomic E-state index is 0.541. The van der Waals surface area contributed by atoms with E-state index in [0.29, 0.717) is 17.8 Å². The van der Waals surface area contributed by atoms with Gasteiger partial charge in [0.1, 0.15) is 17.5 Å². The van der Waals surface area contributed by atoms with Crippen molar-refractivity contribution in [1.29, 1.82) is 0 Å². The second-order valence-corrected chi connectivity index (χ2v) is 6.02. The number of nitrogens with two attached hydrogens (primary N) is 1. The van der Waals surface area contributed by atoms with Crippen LogP contribution in [0.25, 0.3) is 0 Å². The van der Waals surface area contributed by atoms with Gasteiger partial charge in [0, 0.05) is 24.6 Å². The summed E-state index contributed by atoms with van der Waals surface area (Å²) in [5, 5.41) is 3.36. The number of aromatic nitrogens is 2. The van der Waals surface area contributed by atoms with Crippen molar-refractivity contribution in [1.82, 2.24) is 14.9 Å². The van der Waals surface area contributed by atoms with Crippen LogP contribution in [0.1, 0.15) is 51.3 Å². The molecule has 0 aliphatic heterocycles. The Morgan fingerprint density at radius 1 is 1.35 bits per heavy atom.